The van der Waals surface area contributed by atoms with Crippen LogP contribution < -0.4 is 10.1 Å². The molecule has 0 spiro atoms. The summed E-state index contributed by atoms with van der Waals surface area (Å²) in [7, 11) is 1.47. The van der Waals surface area contributed by atoms with Gasteiger partial charge in [-0.15, -0.1) is 19.0 Å². The molecular weight excluding hydrogens is 267 g/mol. The Bertz CT molecular complexity index is 422. The minimum absolute atomic E-state index is 0. The number of ether oxygens (including phenoxy) is 1. The zero-order valence-electron chi connectivity index (χ0n) is 11.1. The summed E-state index contributed by atoms with van der Waals surface area (Å²) in [4.78, 5) is 2.30. The molecule has 2 rings (SSSR count). The largest absolute Gasteiger partial charge is 0.494 e. The van der Waals surface area contributed by atoms with Gasteiger partial charge < -0.3 is 10.1 Å². The molecule has 0 bridgehead atoms. The van der Waals surface area contributed by atoms with Gasteiger partial charge in [-0.25, -0.2) is 4.39 Å². The normalized spacial score (nSPS) is 17.4. The van der Waals surface area contributed by atoms with Gasteiger partial charge in [0.1, 0.15) is 0 Å². The highest BCUT2D eigenvalue weighted by atomic mass is 35.5. The lowest BCUT2D eigenvalue weighted by molar-refractivity contribution is 0.203. The molecule has 1 aliphatic rings. The van der Waals surface area contributed by atoms with Gasteiger partial charge in [0.05, 0.1) is 13.2 Å². The fourth-order valence-corrected chi connectivity index (χ4v) is 2.32. The monoisotopic (exact) mass is 286 g/mol. The van der Waals surface area contributed by atoms with Gasteiger partial charge in [-0.05, 0) is 17.7 Å². The topological polar surface area (TPSA) is 24.5 Å². The lowest BCUT2D eigenvalue weighted by atomic mass is 10.0. The molecule has 0 unspecified atom stereocenters. The summed E-state index contributed by atoms with van der Waals surface area (Å²) in [5.74, 6) is -0.0427. The molecule has 1 aromatic carbocycles. The molecule has 0 radical (unpaired) electrons. The number of piperazine rings is 1. The van der Waals surface area contributed by atoms with Crippen LogP contribution in [0.5, 0.6) is 5.75 Å². The van der Waals surface area contributed by atoms with Crippen molar-refractivity contribution in [3.05, 3.63) is 42.2 Å². The molecule has 1 heterocycles. The van der Waals surface area contributed by atoms with Crippen molar-refractivity contribution in [1.82, 2.24) is 10.2 Å². The first kappa shape index (κ1) is 16.0. The molecule has 1 aromatic rings. The minimum Gasteiger partial charge on any atom is -0.494 e. The molecule has 0 aromatic heterocycles. The van der Waals surface area contributed by atoms with Crippen LogP contribution >= 0.6 is 12.4 Å². The highest BCUT2D eigenvalue weighted by Crippen LogP contribution is 2.26. The summed E-state index contributed by atoms with van der Waals surface area (Å²) in [6.45, 7) is 7.69. The van der Waals surface area contributed by atoms with Crippen molar-refractivity contribution >= 4 is 12.4 Å². The third kappa shape index (κ3) is 3.69. The molecule has 1 N–H and O–H groups in total. The summed E-state index contributed by atoms with van der Waals surface area (Å²) in [5, 5.41) is 3.30. The van der Waals surface area contributed by atoms with E-state index in [4.69, 9.17) is 4.74 Å². The molecule has 19 heavy (non-hydrogen) atoms. The Hall–Kier alpha value is -1.10. The lowest BCUT2D eigenvalue weighted by Crippen LogP contribution is -2.44. The van der Waals surface area contributed by atoms with Crippen LogP contribution in [0.2, 0.25) is 0 Å². The Labute approximate surface area is 119 Å². The van der Waals surface area contributed by atoms with Gasteiger partial charge in [0.2, 0.25) is 0 Å². The van der Waals surface area contributed by atoms with Gasteiger partial charge in [-0.2, -0.15) is 0 Å². The highest BCUT2D eigenvalue weighted by molar-refractivity contribution is 5.85. The Morgan fingerprint density at radius 1 is 1.42 bits per heavy atom. The van der Waals surface area contributed by atoms with Gasteiger partial charge in [-0.1, -0.05) is 12.1 Å². The molecule has 106 valence electrons. The summed E-state index contributed by atoms with van der Waals surface area (Å²) >= 11 is 0. The number of methoxy groups -OCH3 is 1. The second-order valence-electron chi connectivity index (χ2n) is 4.36. The number of hydrogen-bond acceptors (Lipinski definition) is 3. The molecule has 3 nitrogen and oxygen atoms in total. The average Bonchev–Trinajstić information content (AvgIpc) is 2.41. The van der Waals surface area contributed by atoms with Crippen molar-refractivity contribution in [1.29, 1.82) is 0 Å². The predicted octanol–water partition coefficient (Wildman–Crippen LogP) is 2.39. The summed E-state index contributed by atoms with van der Waals surface area (Å²) in [6.07, 6.45) is 1.87. The standard InChI is InChI=1S/C14H19FN2O.ClH/c1-3-13(17-8-6-16-7-9-17)11-4-5-14(18-2)12(15)10-11;/h3-5,10,13,16H,1,6-9H2,2H3;1H/t13-;/m0./s1. The number of rotatable bonds is 4. The van der Waals surface area contributed by atoms with E-state index in [1.54, 1.807) is 6.07 Å². The van der Waals surface area contributed by atoms with E-state index in [1.165, 1.54) is 13.2 Å². The quantitative estimate of drug-likeness (QED) is 0.860. The van der Waals surface area contributed by atoms with E-state index in [0.717, 1.165) is 31.7 Å². The maximum absolute atomic E-state index is 13.7. The summed E-state index contributed by atoms with van der Waals surface area (Å²) in [5.41, 5.74) is 0.921. The van der Waals surface area contributed by atoms with Gasteiger partial charge >= 0.3 is 0 Å². The van der Waals surface area contributed by atoms with Crippen molar-refractivity contribution in [3.8, 4) is 5.75 Å². The van der Waals surface area contributed by atoms with Gasteiger partial charge in [0, 0.05) is 26.2 Å². The van der Waals surface area contributed by atoms with Gasteiger partial charge in [0.15, 0.2) is 11.6 Å². The molecule has 1 aliphatic heterocycles. The van der Waals surface area contributed by atoms with E-state index < -0.39 is 0 Å². The van der Waals surface area contributed by atoms with E-state index in [9.17, 15) is 4.39 Å². The Morgan fingerprint density at radius 2 is 2.11 bits per heavy atom. The Morgan fingerprint density at radius 3 is 2.63 bits per heavy atom. The predicted molar refractivity (Wildman–Crippen MR) is 77.6 cm³/mol. The van der Waals surface area contributed by atoms with Crippen LogP contribution in [0.25, 0.3) is 0 Å². The maximum Gasteiger partial charge on any atom is 0.165 e. The van der Waals surface area contributed by atoms with E-state index in [2.05, 4.69) is 16.8 Å². The highest BCUT2D eigenvalue weighted by Gasteiger charge is 2.20. The van der Waals surface area contributed by atoms with Gasteiger partial charge in [0.25, 0.3) is 0 Å². The van der Waals surface area contributed by atoms with E-state index >= 15 is 0 Å². The third-order valence-corrected chi connectivity index (χ3v) is 3.29. The first-order chi connectivity index (χ1) is 8.76. The van der Waals surface area contributed by atoms with Crippen LogP contribution in [-0.4, -0.2) is 38.2 Å². The van der Waals surface area contributed by atoms with Crippen molar-refractivity contribution in [2.45, 2.75) is 6.04 Å². The molecular formula is C14H20ClFN2O. The minimum atomic E-state index is -0.322. The van der Waals surface area contributed by atoms with Crippen molar-refractivity contribution < 1.29 is 9.13 Å². The van der Waals surface area contributed by atoms with Crippen LogP contribution in [-0.2, 0) is 0 Å². The van der Waals surface area contributed by atoms with Crippen LogP contribution in [0, 0.1) is 5.82 Å². The van der Waals surface area contributed by atoms with E-state index in [-0.39, 0.29) is 30.0 Å². The molecule has 0 amide bonds. The number of nitrogens with zero attached hydrogens (tertiary/aromatic N) is 1. The second kappa shape index (κ2) is 7.48. The number of hydrogen-bond donors (Lipinski definition) is 1. The van der Waals surface area contributed by atoms with Crippen molar-refractivity contribution in [2.24, 2.45) is 0 Å². The maximum atomic E-state index is 13.7. The zero-order valence-corrected chi connectivity index (χ0v) is 11.9. The van der Waals surface area contributed by atoms with Crippen LogP contribution in [0.4, 0.5) is 4.39 Å². The average molecular weight is 287 g/mol. The third-order valence-electron chi connectivity index (χ3n) is 3.29. The smallest absolute Gasteiger partial charge is 0.165 e. The molecule has 1 fully saturated rings. The lowest BCUT2D eigenvalue weighted by Gasteiger charge is -2.33. The number of nitrogens with one attached hydrogen (secondary N) is 1. The number of benzene rings is 1. The molecule has 0 saturated carbocycles. The molecule has 1 saturated heterocycles. The van der Waals surface area contributed by atoms with Crippen LogP contribution in [0.1, 0.15) is 11.6 Å². The first-order valence-electron chi connectivity index (χ1n) is 6.17. The fourth-order valence-electron chi connectivity index (χ4n) is 2.32. The van der Waals surface area contributed by atoms with Crippen LogP contribution in [0.3, 0.4) is 0 Å². The Kier molecular flexibility index (Phi) is 6.28. The first-order valence-corrected chi connectivity index (χ1v) is 6.17. The van der Waals surface area contributed by atoms with E-state index in [1.807, 2.05) is 12.1 Å². The summed E-state index contributed by atoms with van der Waals surface area (Å²) < 4.78 is 18.7. The molecule has 1 atom stereocenters. The van der Waals surface area contributed by atoms with Crippen molar-refractivity contribution in [3.63, 3.8) is 0 Å². The number of halogens is 2. The summed E-state index contributed by atoms with van der Waals surface area (Å²) in [6, 6.07) is 5.17. The molecule has 0 aliphatic carbocycles. The Balaban J connectivity index is 0.00000180. The zero-order chi connectivity index (χ0) is 13.0. The molecule has 5 heteroatoms. The van der Waals surface area contributed by atoms with E-state index in [0.29, 0.717) is 0 Å². The van der Waals surface area contributed by atoms with Crippen LogP contribution in [0.15, 0.2) is 30.9 Å². The van der Waals surface area contributed by atoms with Crippen molar-refractivity contribution in [2.75, 3.05) is 33.3 Å². The van der Waals surface area contributed by atoms with Gasteiger partial charge in [-0.3, -0.25) is 4.90 Å². The second-order valence-corrected chi connectivity index (χ2v) is 4.36. The SMILES string of the molecule is C=C[C@@H](c1ccc(OC)c(F)c1)N1CCNCC1.Cl. The fraction of sp³-hybridized carbons (Fsp3) is 0.429.